The Morgan fingerprint density at radius 3 is 2.42 bits per heavy atom. The zero-order valence-electron chi connectivity index (χ0n) is 13.7. The Labute approximate surface area is 147 Å². The zero-order chi connectivity index (χ0) is 17.4. The first kappa shape index (κ1) is 18.3. The van der Waals surface area contributed by atoms with Crippen LogP contribution in [-0.4, -0.2) is 24.7 Å². The number of hydrogen-bond acceptors (Lipinski definition) is 3. The van der Waals surface area contributed by atoms with E-state index in [-0.39, 0.29) is 12.5 Å². The van der Waals surface area contributed by atoms with E-state index in [0.717, 1.165) is 24.2 Å². The minimum atomic E-state index is -0.407. The van der Waals surface area contributed by atoms with Gasteiger partial charge in [-0.25, -0.2) is 0 Å². The van der Waals surface area contributed by atoms with Crippen LogP contribution < -0.4 is 10.1 Å². The number of halogens is 1. The molecule has 0 aliphatic rings. The molecular weight excluding hydrogens is 326 g/mol. The Morgan fingerprint density at radius 1 is 1.17 bits per heavy atom. The van der Waals surface area contributed by atoms with Crippen LogP contribution in [0.3, 0.4) is 0 Å². The van der Waals surface area contributed by atoms with Gasteiger partial charge in [0.1, 0.15) is 5.75 Å². The highest BCUT2D eigenvalue weighted by molar-refractivity contribution is 6.30. The molecule has 0 radical (unpaired) electrons. The first-order chi connectivity index (χ1) is 11.6. The molecule has 0 heterocycles. The number of aryl methyl sites for hydroxylation is 1. The highest BCUT2D eigenvalue weighted by atomic mass is 35.5. The summed E-state index contributed by atoms with van der Waals surface area (Å²) < 4.78 is 5.12. The van der Waals surface area contributed by atoms with Crippen LogP contribution in [-0.2, 0) is 11.2 Å². The Bertz CT molecular complexity index is 641. The first-order valence-electron chi connectivity index (χ1n) is 7.91. The minimum absolute atomic E-state index is 0.0717. The van der Waals surface area contributed by atoms with Gasteiger partial charge in [-0.2, -0.15) is 0 Å². The van der Waals surface area contributed by atoms with Crippen LogP contribution in [0.5, 0.6) is 5.75 Å². The van der Waals surface area contributed by atoms with Gasteiger partial charge in [0, 0.05) is 11.4 Å². The van der Waals surface area contributed by atoms with Gasteiger partial charge in [0.25, 0.3) is 0 Å². The fraction of sp³-hybridized carbons (Fsp3) is 0.316. The van der Waals surface area contributed by atoms with Crippen LogP contribution in [0.15, 0.2) is 48.5 Å². The lowest BCUT2D eigenvalue weighted by molar-refractivity contribution is -0.122. The van der Waals surface area contributed by atoms with Gasteiger partial charge in [-0.15, -0.1) is 0 Å². The minimum Gasteiger partial charge on any atom is -0.497 e. The number of rotatable bonds is 8. The molecule has 1 amide bonds. The third kappa shape index (κ3) is 5.55. The lowest BCUT2D eigenvalue weighted by Gasteiger charge is -2.17. The van der Waals surface area contributed by atoms with Crippen LogP contribution in [0, 0.1) is 0 Å². The molecule has 2 aromatic carbocycles. The Hall–Kier alpha value is -2.04. The molecule has 0 aliphatic carbocycles. The summed E-state index contributed by atoms with van der Waals surface area (Å²) in [5, 5.41) is 13.0. The van der Waals surface area contributed by atoms with Gasteiger partial charge in [0.05, 0.1) is 19.8 Å². The average molecular weight is 348 g/mol. The lowest BCUT2D eigenvalue weighted by atomic mass is 10.1. The summed E-state index contributed by atoms with van der Waals surface area (Å²) in [5.74, 6) is 0.753. The number of methoxy groups -OCH3 is 1. The summed E-state index contributed by atoms with van der Waals surface area (Å²) in [6.07, 6.45) is 1.98. The van der Waals surface area contributed by atoms with Gasteiger partial charge in [-0.1, -0.05) is 35.9 Å². The second-order valence-electron chi connectivity index (χ2n) is 5.56. The van der Waals surface area contributed by atoms with E-state index in [0.29, 0.717) is 11.4 Å². The summed E-state index contributed by atoms with van der Waals surface area (Å²) in [7, 11) is 1.64. The number of benzene rings is 2. The van der Waals surface area contributed by atoms with E-state index < -0.39 is 6.04 Å². The summed E-state index contributed by atoms with van der Waals surface area (Å²) in [6, 6.07) is 14.5. The van der Waals surface area contributed by atoms with Gasteiger partial charge >= 0.3 is 0 Å². The van der Waals surface area contributed by atoms with Gasteiger partial charge in [-0.3, -0.25) is 4.79 Å². The normalized spacial score (nSPS) is 11.8. The lowest BCUT2D eigenvalue weighted by Crippen LogP contribution is -2.30. The topological polar surface area (TPSA) is 58.6 Å². The molecule has 2 aromatic rings. The first-order valence-corrected chi connectivity index (χ1v) is 8.29. The van der Waals surface area contributed by atoms with Crippen molar-refractivity contribution in [1.29, 1.82) is 0 Å². The van der Waals surface area contributed by atoms with Crippen LogP contribution in [0.25, 0.3) is 0 Å². The highest BCUT2D eigenvalue weighted by Gasteiger charge is 2.13. The fourth-order valence-corrected chi connectivity index (χ4v) is 2.57. The molecule has 1 atom stereocenters. The number of hydrogen-bond donors (Lipinski definition) is 2. The van der Waals surface area contributed by atoms with Crippen LogP contribution in [0.1, 0.15) is 30.0 Å². The van der Waals surface area contributed by atoms with Crippen molar-refractivity contribution in [1.82, 2.24) is 5.32 Å². The van der Waals surface area contributed by atoms with E-state index in [1.165, 1.54) is 5.56 Å². The maximum Gasteiger partial charge on any atom is 0.220 e. The molecule has 0 bridgehead atoms. The number of aliphatic hydroxyl groups excluding tert-OH is 1. The predicted octanol–water partition coefficient (Wildman–Crippen LogP) is 3.52. The van der Waals surface area contributed by atoms with E-state index in [9.17, 15) is 9.90 Å². The summed E-state index contributed by atoms with van der Waals surface area (Å²) in [4.78, 5) is 12.1. The van der Waals surface area contributed by atoms with Gasteiger partial charge < -0.3 is 15.2 Å². The fourth-order valence-electron chi connectivity index (χ4n) is 2.44. The molecule has 0 saturated carbocycles. The van der Waals surface area contributed by atoms with Crippen molar-refractivity contribution in [3.63, 3.8) is 0 Å². The number of ether oxygens (including phenoxy) is 1. The van der Waals surface area contributed by atoms with Crippen molar-refractivity contribution in [3.8, 4) is 5.75 Å². The van der Waals surface area contributed by atoms with E-state index in [2.05, 4.69) is 5.32 Å². The molecule has 128 valence electrons. The smallest absolute Gasteiger partial charge is 0.220 e. The van der Waals surface area contributed by atoms with Crippen molar-refractivity contribution in [2.45, 2.75) is 25.3 Å². The van der Waals surface area contributed by atoms with Crippen molar-refractivity contribution < 1.29 is 14.6 Å². The Morgan fingerprint density at radius 2 is 1.83 bits per heavy atom. The monoisotopic (exact) mass is 347 g/mol. The number of nitrogens with one attached hydrogen (secondary N) is 1. The second kappa shape index (κ2) is 9.30. The third-order valence-electron chi connectivity index (χ3n) is 3.82. The number of aliphatic hydroxyl groups is 1. The van der Waals surface area contributed by atoms with Crippen molar-refractivity contribution in [2.75, 3.05) is 13.7 Å². The van der Waals surface area contributed by atoms with Gasteiger partial charge in [0.15, 0.2) is 0 Å². The van der Waals surface area contributed by atoms with Crippen molar-refractivity contribution in [3.05, 3.63) is 64.7 Å². The van der Waals surface area contributed by atoms with E-state index in [1.54, 1.807) is 31.4 Å². The number of carbonyl (C=O) groups excluding carboxylic acids is 1. The summed E-state index contributed by atoms with van der Waals surface area (Å²) in [6.45, 7) is -0.147. The van der Waals surface area contributed by atoms with E-state index >= 15 is 0 Å². The molecule has 0 saturated heterocycles. The SMILES string of the molecule is COc1ccc(CCCC(=O)NC(CO)c2ccc(Cl)cc2)cc1. The molecule has 2 N–H and O–H groups in total. The van der Waals surface area contributed by atoms with Crippen molar-refractivity contribution in [2.24, 2.45) is 0 Å². The number of amides is 1. The van der Waals surface area contributed by atoms with Crippen LogP contribution in [0.4, 0.5) is 0 Å². The standard InChI is InChI=1S/C19H22ClNO3/c1-24-17-11-5-14(6-12-17)3-2-4-19(23)21-18(13-22)15-7-9-16(20)10-8-15/h5-12,18,22H,2-4,13H2,1H3,(H,21,23). The van der Waals surface area contributed by atoms with Gasteiger partial charge in [0.2, 0.25) is 5.91 Å². The highest BCUT2D eigenvalue weighted by Crippen LogP contribution is 2.17. The zero-order valence-corrected chi connectivity index (χ0v) is 14.4. The Balaban J connectivity index is 1.79. The Kier molecular flexibility index (Phi) is 7.09. The molecule has 0 spiro atoms. The molecule has 24 heavy (non-hydrogen) atoms. The van der Waals surface area contributed by atoms with E-state index in [4.69, 9.17) is 16.3 Å². The molecular formula is C19H22ClNO3. The average Bonchev–Trinajstić information content (AvgIpc) is 2.61. The molecule has 4 nitrogen and oxygen atoms in total. The molecule has 0 aliphatic heterocycles. The second-order valence-corrected chi connectivity index (χ2v) is 5.99. The molecule has 5 heteroatoms. The summed E-state index contributed by atoms with van der Waals surface area (Å²) in [5.41, 5.74) is 2.01. The van der Waals surface area contributed by atoms with E-state index in [1.807, 2.05) is 24.3 Å². The van der Waals surface area contributed by atoms with Crippen molar-refractivity contribution >= 4 is 17.5 Å². The molecule has 0 aromatic heterocycles. The maximum absolute atomic E-state index is 12.1. The van der Waals surface area contributed by atoms with Gasteiger partial charge in [-0.05, 0) is 48.2 Å². The van der Waals surface area contributed by atoms with Crippen LogP contribution in [0.2, 0.25) is 5.02 Å². The summed E-state index contributed by atoms with van der Waals surface area (Å²) >= 11 is 5.85. The molecule has 0 fully saturated rings. The maximum atomic E-state index is 12.1. The van der Waals surface area contributed by atoms with Crippen LogP contribution >= 0.6 is 11.6 Å². The third-order valence-corrected chi connectivity index (χ3v) is 4.07. The quantitative estimate of drug-likeness (QED) is 0.768. The predicted molar refractivity (Wildman–Crippen MR) is 95.4 cm³/mol. The number of carbonyl (C=O) groups is 1. The molecule has 2 rings (SSSR count). The largest absolute Gasteiger partial charge is 0.497 e. The molecule has 1 unspecified atom stereocenters.